The van der Waals surface area contributed by atoms with E-state index in [0.29, 0.717) is 26.3 Å². The number of hydrogen-bond donors (Lipinski definition) is 0. The number of carbonyl (C=O) groups is 1. The molecule has 6 nitrogen and oxygen atoms in total. The zero-order chi connectivity index (χ0) is 23.8. The van der Waals surface area contributed by atoms with E-state index in [4.69, 9.17) is 17.2 Å². The summed E-state index contributed by atoms with van der Waals surface area (Å²) < 4.78 is 2.06. The highest BCUT2D eigenvalue weighted by Gasteiger charge is 2.36. The van der Waals surface area contributed by atoms with Crippen LogP contribution in [-0.2, 0) is 4.79 Å². The number of pyridine rings is 1. The van der Waals surface area contributed by atoms with Crippen LogP contribution in [0.3, 0.4) is 0 Å². The van der Waals surface area contributed by atoms with Crippen LogP contribution < -0.4 is 10.5 Å². The summed E-state index contributed by atoms with van der Waals surface area (Å²) in [5, 5.41) is 0. The van der Waals surface area contributed by atoms with E-state index >= 15 is 0 Å². The van der Waals surface area contributed by atoms with Gasteiger partial charge in [0.25, 0.3) is 11.5 Å². The van der Waals surface area contributed by atoms with Crippen molar-refractivity contribution in [2.24, 2.45) is 0 Å². The molecule has 0 spiro atoms. The Labute approximate surface area is 212 Å². The molecule has 2 aromatic heterocycles. The van der Waals surface area contributed by atoms with E-state index in [2.05, 4.69) is 4.90 Å². The number of fused-ring (bicyclic) bond motifs is 1. The first kappa shape index (κ1) is 23.1. The molecule has 3 aromatic rings. The zero-order valence-corrected chi connectivity index (χ0v) is 21.4. The van der Waals surface area contributed by atoms with Crippen LogP contribution in [0.2, 0.25) is 0 Å². The Kier molecular flexibility index (Phi) is 6.50. The van der Waals surface area contributed by atoms with Gasteiger partial charge in [0.15, 0.2) is 0 Å². The van der Waals surface area contributed by atoms with Crippen LogP contribution in [0.5, 0.6) is 0 Å². The lowest BCUT2D eigenvalue weighted by molar-refractivity contribution is -0.123. The maximum Gasteiger partial charge on any atom is 0.267 e. The number of hydrogen-bond acceptors (Lipinski definition) is 7. The lowest BCUT2D eigenvalue weighted by atomic mass is 10.1. The third kappa shape index (κ3) is 4.16. The molecule has 0 radical (unpaired) electrons. The molecule has 174 valence electrons. The number of amides is 1. The Bertz CT molecular complexity index is 1360. The normalized spacial score (nSPS) is 18.8. The predicted molar refractivity (Wildman–Crippen MR) is 146 cm³/mol. The van der Waals surface area contributed by atoms with E-state index in [1.54, 1.807) is 21.6 Å². The lowest BCUT2D eigenvalue weighted by Gasteiger charge is -2.29. The maximum atomic E-state index is 13.6. The molecule has 9 heteroatoms. The third-order valence-electron chi connectivity index (χ3n) is 6.14. The average Bonchev–Trinajstić information content (AvgIpc) is 3.14. The van der Waals surface area contributed by atoms with E-state index in [1.807, 2.05) is 68.1 Å². The van der Waals surface area contributed by atoms with E-state index in [0.717, 1.165) is 35.7 Å². The van der Waals surface area contributed by atoms with Gasteiger partial charge in [0.05, 0.1) is 16.5 Å². The molecule has 4 heterocycles. The number of thioether (sulfide) groups is 2. The summed E-state index contributed by atoms with van der Waals surface area (Å²) in [5.41, 5.74) is 2.84. The second-order valence-electron chi connectivity index (χ2n) is 8.28. The summed E-state index contributed by atoms with van der Waals surface area (Å²) in [6.45, 7) is 5.54. The number of thiocarbonyl (C=S) groups is 1. The Hall–Kier alpha value is -2.62. The number of rotatable bonds is 4. The minimum absolute atomic E-state index is 0.177. The van der Waals surface area contributed by atoms with E-state index < -0.39 is 0 Å². The smallest absolute Gasteiger partial charge is 0.267 e. The molecule has 2 fully saturated rings. The topological polar surface area (TPSA) is 57.9 Å². The molecular weight excluding hydrogens is 485 g/mol. The largest absolute Gasteiger partial charge is 0.354 e. The van der Waals surface area contributed by atoms with Crippen LogP contribution in [0.4, 0.5) is 5.82 Å². The molecule has 0 N–H and O–H groups in total. The molecule has 2 aliphatic rings. The monoisotopic (exact) mass is 508 g/mol. The van der Waals surface area contributed by atoms with Crippen LogP contribution in [0.1, 0.15) is 29.7 Å². The van der Waals surface area contributed by atoms with Crippen molar-refractivity contribution in [3.8, 4) is 0 Å². The first-order valence-corrected chi connectivity index (χ1v) is 13.5. The molecule has 1 atom stereocenters. The van der Waals surface area contributed by atoms with Crippen molar-refractivity contribution in [1.29, 1.82) is 0 Å². The van der Waals surface area contributed by atoms with Gasteiger partial charge in [-0.15, -0.1) is 0 Å². The molecule has 0 saturated carbocycles. The lowest BCUT2D eigenvalue weighted by Crippen LogP contribution is -2.36. The van der Waals surface area contributed by atoms with Crippen molar-refractivity contribution < 1.29 is 4.79 Å². The number of benzene rings is 1. The van der Waals surface area contributed by atoms with Crippen molar-refractivity contribution in [2.75, 3.05) is 29.5 Å². The van der Waals surface area contributed by atoms with Gasteiger partial charge < -0.3 is 4.90 Å². The first-order chi connectivity index (χ1) is 16.5. The van der Waals surface area contributed by atoms with Gasteiger partial charge in [0.1, 0.15) is 15.8 Å². The maximum absolute atomic E-state index is 13.6. The Morgan fingerprint density at radius 1 is 1.09 bits per heavy atom. The summed E-state index contributed by atoms with van der Waals surface area (Å²) in [4.78, 5) is 36.2. The summed E-state index contributed by atoms with van der Waals surface area (Å²) >= 11 is 8.72. The van der Waals surface area contributed by atoms with Crippen molar-refractivity contribution >= 4 is 63.5 Å². The second kappa shape index (κ2) is 9.56. The highest BCUT2D eigenvalue weighted by Crippen LogP contribution is 2.38. The van der Waals surface area contributed by atoms with Gasteiger partial charge in [-0.1, -0.05) is 60.4 Å². The molecule has 5 rings (SSSR count). The predicted octanol–water partition coefficient (Wildman–Crippen LogP) is 4.52. The standard InChI is InChI=1S/C25H24N4O2S3/c1-16-7-6-10-28-21(16)26-22(27-11-13-33-14-12-27)19(23(28)30)15-20-24(31)29(25(32)34-20)17(2)18-8-4-3-5-9-18/h3-10,15,17H,11-14H2,1-2H3/b20-15-. The van der Waals surface area contributed by atoms with Crippen LogP contribution >= 0.6 is 35.7 Å². The fourth-order valence-corrected chi connectivity index (χ4v) is 6.57. The highest BCUT2D eigenvalue weighted by atomic mass is 32.2. The number of anilines is 1. The fraction of sp³-hybridized carbons (Fsp3) is 0.280. The van der Waals surface area contributed by atoms with Gasteiger partial charge in [-0.25, -0.2) is 4.98 Å². The Morgan fingerprint density at radius 3 is 2.56 bits per heavy atom. The van der Waals surface area contributed by atoms with Gasteiger partial charge in [0.2, 0.25) is 0 Å². The number of aryl methyl sites for hydroxylation is 1. The second-order valence-corrected chi connectivity index (χ2v) is 11.2. The van der Waals surface area contributed by atoms with E-state index in [9.17, 15) is 9.59 Å². The SMILES string of the molecule is Cc1cccn2c(=O)c(/C=C3\SC(=S)N(C(C)c4ccccc4)C3=O)c(N3CCSCC3)nc12. The Balaban J connectivity index is 1.61. The molecule has 2 saturated heterocycles. The summed E-state index contributed by atoms with van der Waals surface area (Å²) in [6, 6.07) is 13.4. The molecule has 2 aliphatic heterocycles. The highest BCUT2D eigenvalue weighted by molar-refractivity contribution is 8.26. The van der Waals surface area contributed by atoms with Crippen molar-refractivity contribution in [3.63, 3.8) is 0 Å². The van der Waals surface area contributed by atoms with Gasteiger partial charge in [-0.2, -0.15) is 11.8 Å². The summed E-state index contributed by atoms with van der Waals surface area (Å²) in [7, 11) is 0. The van der Waals surface area contributed by atoms with Crippen LogP contribution in [0.25, 0.3) is 11.7 Å². The van der Waals surface area contributed by atoms with Crippen LogP contribution in [0, 0.1) is 6.92 Å². The molecule has 0 bridgehead atoms. The fourth-order valence-electron chi connectivity index (χ4n) is 4.27. The molecular formula is C25H24N4O2S3. The average molecular weight is 509 g/mol. The third-order valence-corrected chi connectivity index (χ3v) is 8.42. The van der Waals surface area contributed by atoms with Crippen molar-refractivity contribution in [3.05, 3.63) is 80.6 Å². The molecule has 34 heavy (non-hydrogen) atoms. The van der Waals surface area contributed by atoms with Gasteiger partial charge in [-0.05, 0) is 37.1 Å². The minimum Gasteiger partial charge on any atom is -0.354 e. The molecule has 1 amide bonds. The quantitative estimate of drug-likeness (QED) is 0.379. The van der Waals surface area contributed by atoms with E-state index in [-0.39, 0.29) is 17.5 Å². The van der Waals surface area contributed by atoms with Crippen molar-refractivity contribution in [2.45, 2.75) is 19.9 Å². The van der Waals surface area contributed by atoms with Gasteiger partial charge >= 0.3 is 0 Å². The van der Waals surface area contributed by atoms with Crippen LogP contribution in [0.15, 0.2) is 58.4 Å². The molecule has 1 aromatic carbocycles. The zero-order valence-electron chi connectivity index (χ0n) is 18.9. The number of nitrogens with zero attached hydrogens (tertiary/aromatic N) is 4. The van der Waals surface area contributed by atoms with Crippen LogP contribution in [-0.4, -0.2) is 49.1 Å². The Morgan fingerprint density at radius 2 is 1.82 bits per heavy atom. The number of aromatic nitrogens is 2. The van der Waals surface area contributed by atoms with Crippen molar-refractivity contribution in [1.82, 2.24) is 14.3 Å². The first-order valence-electron chi connectivity index (χ1n) is 11.1. The number of carbonyl (C=O) groups excluding carboxylic acids is 1. The van der Waals surface area contributed by atoms with Gasteiger partial charge in [-0.3, -0.25) is 18.9 Å². The minimum atomic E-state index is -0.198. The van der Waals surface area contributed by atoms with E-state index in [1.165, 1.54) is 11.8 Å². The summed E-state index contributed by atoms with van der Waals surface area (Å²) in [6.07, 6.45) is 3.42. The molecule has 1 unspecified atom stereocenters. The van der Waals surface area contributed by atoms with Gasteiger partial charge in [0, 0.05) is 30.8 Å². The molecule has 0 aliphatic carbocycles. The summed E-state index contributed by atoms with van der Waals surface area (Å²) in [5.74, 6) is 2.41.